The van der Waals surface area contributed by atoms with E-state index in [2.05, 4.69) is 15.5 Å². The Hall–Kier alpha value is -1.82. The summed E-state index contributed by atoms with van der Waals surface area (Å²) in [5.41, 5.74) is 2.18. The Kier molecular flexibility index (Phi) is 5.00. The minimum absolute atomic E-state index is 0.309. The summed E-state index contributed by atoms with van der Waals surface area (Å²) >= 11 is 13.3. The first-order chi connectivity index (χ1) is 11.1. The van der Waals surface area contributed by atoms with Crippen LogP contribution in [0, 0.1) is 6.92 Å². The van der Waals surface area contributed by atoms with Crippen LogP contribution in [0.15, 0.2) is 42.5 Å². The molecule has 23 heavy (non-hydrogen) atoms. The van der Waals surface area contributed by atoms with E-state index in [1.165, 1.54) is 16.9 Å². The van der Waals surface area contributed by atoms with Crippen molar-refractivity contribution in [3.8, 4) is 5.75 Å². The molecule has 3 aromatic rings. The van der Waals surface area contributed by atoms with Crippen molar-refractivity contribution in [2.24, 2.45) is 0 Å². The van der Waals surface area contributed by atoms with E-state index < -0.39 is 0 Å². The van der Waals surface area contributed by atoms with Gasteiger partial charge in [-0.2, -0.15) is 0 Å². The molecule has 3 rings (SSSR count). The topological polar surface area (TPSA) is 47.0 Å². The second kappa shape index (κ2) is 7.17. The predicted molar refractivity (Wildman–Crippen MR) is 95.2 cm³/mol. The number of anilines is 2. The number of hydrogen-bond acceptors (Lipinski definition) is 5. The van der Waals surface area contributed by atoms with E-state index in [4.69, 9.17) is 27.9 Å². The van der Waals surface area contributed by atoms with Gasteiger partial charge in [-0.3, -0.25) is 0 Å². The zero-order valence-corrected chi connectivity index (χ0v) is 14.5. The molecule has 0 fully saturated rings. The first kappa shape index (κ1) is 16.1. The molecule has 0 aliphatic heterocycles. The van der Waals surface area contributed by atoms with E-state index >= 15 is 0 Å². The number of halogens is 2. The van der Waals surface area contributed by atoms with Crippen LogP contribution in [-0.2, 0) is 6.61 Å². The summed E-state index contributed by atoms with van der Waals surface area (Å²) in [6.45, 7) is 2.36. The zero-order valence-electron chi connectivity index (χ0n) is 12.2. The Morgan fingerprint density at radius 1 is 1.04 bits per heavy atom. The number of benzene rings is 2. The minimum atomic E-state index is 0.309. The van der Waals surface area contributed by atoms with Crippen LogP contribution in [0.2, 0.25) is 10.0 Å². The summed E-state index contributed by atoms with van der Waals surface area (Å²) in [6, 6.07) is 13.2. The third kappa shape index (κ3) is 4.58. The second-order valence-corrected chi connectivity index (χ2v) is 6.82. The molecule has 0 atom stereocenters. The molecule has 0 unspecified atom stereocenters. The highest BCUT2D eigenvalue weighted by atomic mass is 35.5. The van der Waals surface area contributed by atoms with Crippen LogP contribution in [0.4, 0.5) is 10.8 Å². The third-order valence-electron chi connectivity index (χ3n) is 2.97. The highest BCUT2D eigenvalue weighted by Gasteiger charge is 2.06. The van der Waals surface area contributed by atoms with Gasteiger partial charge in [0.05, 0.1) is 0 Å². The van der Waals surface area contributed by atoms with E-state index in [1.54, 1.807) is 18.2 Å². The fourth-order valence-electron chi connectivity index (χ4n) is 1.88. The molecule has 4 nitrogen and oxygen atoms in total. The number of rotatable bonds is 5. The van der Waals surface area contributed by atoms with Gasteiger partial charge in [-0.1, -0.05) is 52.2 Å². The molecule has 0 bridgehead atoms. The largest absolute Gasteiger partial charge is 0.486 e. The number of aryl methyl sites for hydroxylation is 1. The van der Waals surface area contributed by atoms with E-state index in [9.17, 15) is 0 Å². The van der Waals surface area contributed by atoms with E-state index in [0.29, 0.717) is 22.4 Å². The Morgan fingerprint density at radius 2 is 1.74 bits per heavy atom. The van der Waals surface area contributed by atoms with E-state index in [1.807, 2.05) is 31.2 Å². The number of nitrogens with one attached hydrogen (secondary N) is 1. The van der Waals surface area contributed by atoms with E-state index in [-0.39, 0.29) is 0 Å². The predicted octanol–water partition coefficient (Wildman–Crippen LogP) is 5.48. The van der Waals surface area contributed by atoms with Gasteiger partial charge in [0, 0.05) is 15.7 Å². The van der Waals surface area contributed by atoms with Gasteiger partial charge in [0.1, 0.15) is 12.4 Å². The van der Waals surface area contributed by atoms with Crippen molar-refractivity contribution in [2.75, 3.05) is 5.32 Å². The number of nitrogens with zero attached hydrogens (tertiary/aromatic N) is 2. The molecule has 0 aliphatic rings. The van der Waals surface area contributed by atoms with Gasteiger partial charge in [0.2, 0.25) is 5.13 Å². The van der Waals surface area contributed by atoms with Crippen LogP contribution in [0.5, 0.6) is 5.75 Å². The maximum absolute atomic E-state index is 5.94. The molecule has 1 N–H and O–H groups in total. The number of hydrogen-bond donors (Lipinski definition) is 1. The smallest absolute Gasteiger partial charge is 0.210 e. The molecule has 0 saturated heterocycles. The molecule has 0 spiro atoms. The van der Waals surface area contributed by atoms with Crippen molar-refractivity contribution in [1.82, 2.24) is 10.2 Å². The summed E-state index contributed by atoms with van der Waals surface area (Å²) in [6.07, 6.45) is 0. The lowest BCUT2D eigenvalue weighted by Gasteiger charge is -2.04. The fourth-order valence-corrected chi connectivity index (χ4v) is 3.06. The molecule has 0 aliphatic carbocycles. The van der Waals surface area contributed by atoms with Crippen molar-refractivity contribution in [3.05, 3.63) is 63.1 Å². The van der Waals surface area contributed by atoms with Crippen LogP contribution in [-0.4, -0.2) is 10.2 Å². The molecule has 1 heterocycles. The molecule has 0 amide bonds. The van der Waals surface area contributed by atoms with Gasteiger partial charge in [-0.15, -0.1) is 10.2 Å². The van der Waals surface area contributed by atoms with Crippen LogP contribution in [0.1, 0.15) is 10.6 Å². The molecule has 1 aromatic heterocycles. The Bertz CT molecular complexity index is 785. The maximum Gasteiger partial charge on any atom is 0.210 e. The molecule has 2 aromatic carbocycles. The summed E-state index contributed by atoms with van der Waals surface area (Å²) in [5.74, 6) is 0.603. The highest BCUT2D eigenvalue weighted by molar-refractivity contribution is 7.15. The maximum atomic E-state index is 5.94. The van der Waals surface area contributed by atoms with Crippen molar-refractivity contribution >= 4 is 45.4 Å². The lowest BCUT2D eigenvalue weighted by molar-refractivity contribution is 0.304. The molecule has 7 heteroatoms. The number of aromatic nitrogens is 2. The van der Waals surface area contributed by atoms with Gasteiger partial charge in [0.25, 0.3) is 0 Å². The minimum Gasteiger partial charge on any atom is -0.486 e. The normalized spacial score (nSPS) is 10.6. The third-order valence-corrected chi connectivity index (χ3v) is 4.22. The van der Waals surface area contributed by atoms with Crippen molar-refractivity contribution < 1.29 is 4.74 Å². The molecule has 0 radical (unpaired) electrons. The van der Waals surface area contributed by atoms with Crippen LogP contribution in [0.25, 0.3) is 0 Å². The van der Waals surface area contributed by atoms with Crippen molar-refractivity contribution in [3.63, 3.8) is 0 Å². The van der Waals surface area contributed by atoms with Gasteiger partial charge in [0.15, 0.2) is 5.01 Å². The Morgan fingerprint density at radius 3 is 2.43 bits per heavy atom. The first-order valence-corrected chi connectivity index (χ1v) is 8.41. The van der Waals surface area contributed by atoms with Crippen LogP contribution < -0.4 is 10.1 Å². The average molecular weight is 366 g/mol. The monoisotopic (exact) mass is 365 g/mol. The standard InChI is InChI=1S/C16H13Cl2N3OS/c1-10-2-4-13(5-3-10)19-16-21-20-15(23-16)9-22-14-7-11(17)6-12(18)8-14/h2-8H,9H2,1H3,(H,19,21). The van der Waals surface area contributed by atoms with Crippen LogP contribution >= 0.6 is 34.5 Å². The quantitative estimate of drug-likeness (QED) is 0.650. The van der Waals surface area contributed by atoms with Crippen molar-refractivity contribution in [1.29, 1.82) is 0 Å². The molecular weight excluding hydrogens is 353 g/mol. The molecule has 118 valence electrons. The summed E-state index contributed by atoms with van der Waals surface area (Å²) < 4.78 is 5.64. The summed E-state index contributed by atoms with van der Waals surface area (Å²) in [4.78, 5) is 0. The van der Waals surface area contributed by atoms with Gasteiger partial charge in [-0.05, 0) is 37.3 Å². The highest BCUT2D eigenvalue weighted by Crippen LogP contribution is 2.26. The SMILES string of the molecule is Cc1ccc(Nc2nnc(COc3cc(Cl)cc(Cl)c3)s2)cc1. The van der Waals surface area contributed by atoms with E-state index in [0.717, 1.165) is 15.8 Å². The Balaban J connectivity index is 1.61. The lowest BCUT2D eigenvalue weighted by atomic mass is 10.2. The second-order valence-electron chi connectivity index (χ2n) is 4.89. The summed E-state index contributed by atoms with van der Waals surface area (Å²) in [5, 5.41) is 14.0. The summed E-state index contributed by atoms with van der Waals surface area (Å²) in [7, 11) is 0. The molecule has 0 saturated carbocycles. The van der Waals surface area contributed by atoms with Crippen LogP contribution in [0.3, 0.4) is 0 Å². The fraction of sp³-hybridized carbons (Fsp3) is 0.125. The van der Waals surface area contributed by atoms with Gasteiger partial charge >= 0.3 is 0 Å². The zero-order chi connectivity index (χ0) is 16.2. The number of ether oxygens (including phenoxy) is 1. The lowest BCUT2D eigenvalue weighted by Crippen LogP contribution is -1.94. The average Bonchev–Trinajstić information content (AvgIpc) is 2.94. The first-order valence-electron chi connectivity index (χ1n) is 6.83. The van der Waals surface area contributed by atoms with Crippen molar-refractivity contribution in [2.45, 2.75) is 13.5 Å². The Labute approximate surface area is 148 Å². The van der Waals surface area contributed by atoms with Gasteiger partial charge in [-0.25, -0.2) is 0 Å². The molecular formula is C16H13Cl2N3OS. The van der Waals surface area contributed by atoms with Gasteiger partial charge < -0.3 is 10.1 Å².